The van der Waals surface area contributed by atoms with Crippen LogP contribution in [0.15, 0.2) is 15.8 Å². The Morgan fingerprint density at radius 3 is 1.85 bits per heavy atom. The maximum atomic E-state index is 12.9. The van der Waals surface area contributed by atoms with Crippen molar-refractivity contribution in [3.8, 4) is 0 Å². The Bertz CT molecular complexity index is 807. The van der Waals surface area contributed by atoms with E-state index < -0.39 is 73.5 Å². The Kier molecular flexibility index (Phi) is 5.52. The van der Waals surface area contributed by atoms with Crippen LogP contribution in [-0.2, 0) is 9.47 Å². The van der Waals surface area contributed by atoms with E-state index >= 15 is 0 Å². The lowest BCUT2D eigenvalue weighted by Crippen LogP contribution is -2.48. The summed E-state index contributed by atoms with van der Waals surface area (Å²) in [6.07, 6.45) is -10.4. The summed E-state index contributed by atoms with van der Waals surface area (Å²) in [6, 6.07) is 0. The predicted octanol–water partition coefficient (Wildman–Crippen LogP) is -4.46. The third-order valence-corrected chi connectivity index (χ3v) is 4.88. The van der Waals surface area contributed by atoms with Gasteiger partial charge in [-0.1, -0.05) is 0 Å². The van der Waals surface area contributed by atoms with Crippen molar-refractivity contribution >= 4 is 0 Å². The molecule has 0 spiro atoms. The van der Waals surface area contributed by atoms with Crippen LogP contribution in [0.5, 0.6) is 0 Å². The number of hydrogen-bond donors (Lipinski definition) is 6. The van der Waals surface area contributed by atoms with Crippen molar-refractivity contribution in [2.75, 3.05) is 13.2 Å². The molecule has 0 radical (unpaired) electrons. The van der Waals surface area contributed by atoms with Gasteiger partial charge in [0.05, 0.1) is 13.2 Å². The van der Waals surface area contributed by atoms with Gasteiger partial charge in [0.15, 0.2) is 12.5 Å². The molecule has 1 unspecified atom stereocenters. The Balaban J connectivity index is 2.08. The van der Waals surface area contributed by atoms with E-state index in [1.807, 2.05) is 0 Å². The third kappa shape index (κ3) is 3.13. The van der Waals surface area contributed by atoms with Crippen molar-refractivity contribution < 1.29 is 40.1 Å². The van der Waals surface area contributed by atoms with Crippen LogP contribution >= 0.6 is 0 Å². The van der Waals surface area contributed by atoms with Crippen LogP contribution in [-0.4, -0.2) is 89.6 Å². The van der Waals surface area contributed by atoms with Gasteiger partial charge in [0.1, 0.15) is 36.6 Å². The van der Waals surface area contributed by atoms with Crippen LogP contribution in [0.25, 0.3) is 0 Å². The largest absolute Gasteiger partial charge is 0.394 e. The number of aromatic nitrogens is 2. The molecule has 12 nitrogen and oxygen atoms in total. The molecule has 0 aromatic carbocycles. The zero-order chi connectivity index (χ0) is 20.0. The zero-order valence-corrected chi connectivity index (χ0v) is 14.3. The summed E-state index contributed by atoms with van der Waals surface area (Å²) in [5, 5.41) is 58.4. The average Bonchev–Trinajstić information content (AvgIpc) is 3.09. The van der Waals surface area contributed by atoms with Crippen LogP contribution in [0.2, 0.25) is 0 Å². The van der Waals surface area contributed by atoms with E-state index in [2.05, 4.69) is 0 Å². The summed E-state index contributed by atoms with van der Waals surface area (Å²) in [5.41, 5.74) is -1.81. The summed E-state index contributed by atoms with van der Waals surface area (Å²) >= 11 is 0. The predicted molar refractivity (Wildman–Crippen MR) is 85.7 cm³/mol. The molecule has 27 heavy (non-hydrogen) atoms. The molecular formula is C15H22N2O10. The molecule has 0 aliphatic carbocycles. The molecular weight excluding hydrogens is 368 g/mol. The molecule has 0 saturated carbocycles. The fraction of sp³-hybridized carbons (Fsp3) is 0.733. The number of aliphatic hydroxyl groups excluding tert-OH is 6. The molecule has 2 aliphatic rings. The van der Waals surface area contributed by atoms with E-state index in [4.69, 9.17) is 9.47 Å². The minimum absolute atomic E-state index is 0.0325. The second-order valence-corrected chi connectivity index (χ2v) is 6.63. The minimum atomic E-state index is -1.66. The van der Waals surface area contributed by atoms with Crippen molar-refractivity contribution in [2.24, 2.45) is 0 Å². The lowest BCUT2D eigenvalue weighted by atomic mass is 10.1. The normalized spacial score (nSPS) is 39.2. The molecule has 12 heteroatoms. The van der Waals surface area contributed by atoms with Gasteiger partial charge in [-0.25, -0.2) is 9.36 Å². The molecule has 3 heterocycles. The van der Waals surface area contributed by atoms with Gasteiger partial charge in [-0.3, -0.25) is 9.36 Å². The lowest BCUT2D eigenvalue weighted by molar-refractivity contribution is -0.0686. The molecule has 6 N–H and O–H groups in total. The highest BCUT2D eigenvalue weighted by Crippen LogP contribution is 2.30. The quantitative estimate of drug-likeness (QED) is 0.293. The maximum Gasteiger partial charge on any atom is 0.335 e. The van der Waals surface area contributed by atoms with Crippen molar-refractivity contribution in [1.29, 1.82) is 0 Å². The summed E-state index contributed by atoms with van der Waals surface area (Å²) in [5.74, 6) is 0. The lowest BCUT2D eigenvalue weighted by Gasteiger charge is -2.23. The first kappa shape index (κ1) is 20.1. The molecule has 1 aromatic heterocycles. The zero-order valence-electron chi connectivity index (χ0n) is 14.3. The van der Waals surface area contributed by atoms with E-state index in [-0.39, 0.29) is 5.56 Å². The van der Waals surface area contributed by atoms with Crippen molar-refractivity contribution in [2.45, 2.75) is 56.0 Å². The Hall–Kier alpha value is -1.64. The molecule has 1 aromatic rings. The highest BCUT2D eigenvalue weighted by atomic mass is 16.6. The van der Waals surface area contributed by atoms with E-state index in [1.54, 1.807) is 0 Å². The molecule has 2 aliphatic heterocycles. The Labute approximate surface area is 152 Å². The van der Waals surface area contributed by atoms with E-state index in [1.165, 1.54) is 6.92 Å². The second kappa shape index (κ2) is 7.41. The first-order valence-electron chi connectivity index (χ1n) is 8.32. The summed E-state index contributed by atoms with van der Waals surface area (Å²) < 4.78 is 12.0. The topological polar surface area (TPSA) is 184 Å². The second-order valence-electron chi connectivity index (χ2n) is 6.63. The van der Waals surface area contributed by atoms with Gasteiger partial charge in [0.25, 0.3) is 5.56 Å². The molecule has 8 atom stereocenters. The highest BCUT2D eigenvalue weighted by Gasteiger charge is 2.47. The monoisotopic (exact) mass is 390 g/mol. The third-order valence-electron chi connectivity index (χ3n) is 4.88. The van der Waals surface area contributed by atoms with Gasteiger partial charge in [0, 0.05) is 11.8 Å². The molecule has 0 amide bonds. The summed E-state index contributed by atoms with van der Waals surface area (Å²) in [6.45, 7) is 0.132. The number of nitrogens with zero attached hydrogens (tertiary/aromatic N) is 2. The first-order valence-corrected chi connectivity index (χ1v) is 8.32. The summed E-state index contributed by atoms with van der Waals surface area (Å²) in [4.78, 5) is 25.3. The molecule has 2 fully saturated rings. The maximum absolute atomic E-state index is 12.9. The number of ether oxygens (including phenoxy) is 2. The standard InChI is InChI=1S/C15H22N2O10/c1-5-2-16(13-10(22)8(20)6(3-18)26-13)15(25)17(12(5)24)14-11(23)9(21)7(4-19)27-14/h2,6-11,13-14,18-23H,3-4H2,1H3/t6-,7-,8-,9-,10-,11+,13-,14?/m1/s1. The molecule has 0 bridgehead atoms. The molecule has 2 saturated heterocycles. The SMILES string of the molecule is Cc1cn([C@@H]2O[C@H](CO)[C@@H](O)[C@H]2O)c(=O)n(C2O[C@H](CO)[C@@H](O)[C@@H]2O)c1=O. The van der Waals surface area contributed by atoms with E-state index in [0.717, 1.165) is 10.8 Å². The minimum Gasteiger partial charge on any atom is -0.394 e. The first-order chi connectivity index (χ1) is 12.7. The Morgan fingerprint density at radius 2 is 1.37 bits per heavy atom. The Morgan fingerprint density at radius 1 is 0.889 bits per heavy atom. The highest BCUT2D eigenvalue weighted by molar-refractivity contribution is 5.07. The van der Waals surface area contributed by atoms with Crippen LogP contribution in [0, 0.1) is 6.92 Å². The number of hydrogen-bond acceptors (Lipinski definition) is 10. The van der Waals surface area contributed by atoms with Gasteiger partial charge in [-0.05, 0) is 6.92 Å². The van der Waals surface area contributed by atoms with E-state index in [9.17, 15) is 40.2 Å². The fourth-order valence-corrected chi connectivity index (χ4v) is 3.33. The number of aliphatic hydroxyl groups is 6. The van der Waals surface area contributed by atoms with Crippen LogP contribution < -0.4 is 11.2 Å². The van der Waals surface area contributed by atoms with Gasteiger partial charge in [0.2, 0.25) is 0 Å². The fourth-order valence-electron chi connectivity index (χ4n) is 3.33. The van der Waals surface area contributed by atoms with Gasteiger partial charge < -0.3 is 40.1 Å². The number of rotatable bonds is 4. The van der Waals surface area contributed by atoms with Crippen molar-refractivity contribution in [3.05, 3.63) is 32.6 Å². The van der Waals surface area contributed by atoms with Gasteiger partial charge >= 0.3 is 5.69 Å². The van der Waals surface area contributed by atoms with Crippen molar-refractivity contribution in [3.63, 3.8) is 0 Å². The van der Waals surface area contributed by atoms with Gasteiger partial charge in [-0.15, -0.1) is 0 Å². The molecule has 152 valence electrons. The van der Waals surface area contributed by atoms with Crippen LogP contribution in [0.3, 0.4) is 0 Å². The van der Waals surface area contributed by atoms with Crippen molar-refractivity contribution in [1.82, 2.24) is 9.13 Å². The number of aryl methyl sites for hydroxylation is 1. The molecule has 3 rings (SSSR count). The van der Waals surface area contributed by atoms with E-state index in [0.29, 0.717) is 4.57 Å². The van der Waals surface area contributed by atoms with Crippen LogP contribution in [0.4, 0.5) is 0 Å². The van der Waals surface area contributed by atoms with Crippen LogP contribution in [0.1, 0.15) is 18.0 Å². The average molecular weight is 390 g/mol. The summed E-state index contributed by atoms with van der Waals surface area (Å²) in [7, 11) is 0. The van der Waals surface area contributed by atoms with Gasteiger partial charge in [-0.2, -0.15) is 0 Å². The smallest absolute Gasteiger partial charge is 0.335 e.